The van der Waals surface area contributed by atoms with Crippen LogP contribution in [0.15, 0.2) is 0 Å². The molecule has 0 radical (unpaired) electrons. The first-order chi connectivity index (χ1) is 10.1. The minimum absolute atomic E-state index is 0. The van der Waals surface area contributed by atoms with Crippen molar-refractivity contribution >= 4 is 30.7 Å². The van der Waals surface area contributed by atoms with Gasteiger partial charge in [0.1, 0.15) is 6.04 Å². The van der Waals surface area contributed by atoms with E-state index >= 15 is 0 Å². The number of amides is 1. The monoisotopic (exact) mass is 367 g/mol. The second kappa shape index (κ2) is 9.42. The van der Waals surface area contributed by atoms with Crippen molar-refractivity contribution < 1.29 is 9.53 Å². The van der Waals surface area contributed by atoms with E-state index in [0.717, 1.165) is 38.5 Å². The molecule has 3 aliphatic rings. The van der Waals surface area contributed by atoms with E-state index in [-0.39, 0.29) is 42.9 Å². The van der Waals surface area contributed by atoms with Crippen LogP contribution >= 0.6 is 24.8 Å². The van der Waals surface area contributed by atoms with E-state index in [2.05, 4.69) is 17.3 Å². The van der Waals surface area contributed by atoms with Gasteiger partial charge in [0, 0.05) is 32.7 Å². The van der Waals surface area contributed by atoms with Crippen LogP contribution in [0.2, 0.25) is 0 Å². The first kappa shape index (κ1) is 21.0. The van der Waals surface area contributed by atoms with Gasteiger partial charge >= 0.3 is 0 Å². The number of carbonyl (C=O) groups excluding carboxylic acids is 1. The summed E-state index contributed by atoms with van der Waals surface area (Å²) >= 11 is 0. The molecule has 1 amide bonds. The Morgan fingerprint density at radius 3 is 2.57 bits per heavy atom. The maximum absolute atomic E-state index is 12.6. The van der Waals surface area contributed by atoms with Gasteiger partial charge in [0.15, 0.2) is 0 Å². The standard InChI is InChI=1S/C16H29N3O2.2ClH/c1-12-15(17-6-8-21-12)16(20)19-7-5-14(11-19)10-18(2)9-13-3-4-13;;/h12-15,17H,3-11H2,1-2H3;2*1H/t12-,14?,15+;;/m1../s1. The number of nitrogens with zero attached hydrogens (tertiary/aromatic N) is 2. The lowest BCUT2D eigenvalue weighted by Gasteiger charge is -2.32. The van der Waals surface area contributed by atoms with Gasteiger partial charge in [-0.15, -0.1) is 24.8 Å². The van der Waals surface area contributed by atoms with Crippen LogP contribution in [0.4, 0.5) is 0 Å². The molecular formula is C16H31Cl2N3O2. The first-order valence-corrected chi connectivity index (χ1v) is 8.46. The number of hydrogen-bond acceptors (Lipinski definition) is 4. The summed E-state index contributed by atoms with van der Waals surface area (Å²) in [6.07, 6.45) is 3.95. The van der Waals surface area contributed by atoms with Gasteiger partial charge in [-0.2, -0.15) is 0 Å². The number of halogens is 2. The van der Waals surface area contributed by atoms with E-state index in [9.17, 15) is 4.79 Å². The Kier molecular flexibility index (Phi) is 8.59. The van der Waals surface area contributed by atoms with Crippen LogP contribution in [-0.4, -0.2) is 74.2 Å². The molecule has 23 heavy (non-hydrogen) atoms. The van der Waals surface area contributed by atoms with Crippen molar-refractivity contribution in [2.45, 2.75) is 38.3 Å². The van der Waals surface area contributed by atoms with Gasteiger partial charge in [0.05, 0.1) is 12.7 Å². The van der Waals surface area contributed by atoms with Crippen LogP contribution < -0.4 is 5.32 Å². The third kappa shape index (κ3) is 5.75. The third-order valence-electron chi connectivity index (χ3n) is 5.02. The molecule has 1 unspecified atom stereocenters. The molecule has 0 aromatic carbocycles. The summed E-state index contributed by atoms with van der Waals surface area (Å²) in [7, 11) is 2.22. The Morgan fingerprint density at radius 2 is 1.91 bits per heavy atom. The summed E-state index contributed by atoms with van der Waals surface area (Å²) < 4.78 is 5.59. The van der Waals surface area contributed by atoms with E-state index in [1.54, 1.807) is 0 Å². The molecule has 2 aliphatic heterocycles. The fourth-order valence-corrected chi connectivity index (χ4v) is 3.64. The van der Waals surface area contributed by atoms with Crippen LogP contribution in [0.1, 0.15) is 26.2 Å². The fraction of sp³-hybridized carbons (Fsp3) is 0.938. The lowest BCUT2D eigenvalue weighted by atomic mass is 10.1. The predicted octanol–water partition coefficient (Wildman–Crippen LogP) is 1.40. The third-order valence-corrected chi connectivity index (χ3v) is 5.02. The number of ether oxygens (including phenoxy) is 1. The molecule has 0 spiro atoms. The topological polar surface area (TPSA) is 44.8 Å². The van der Waals surface area contributed by atoms with Gasteiger partial charge in [-0.3, -0.25) is 4.79 Å². The zero-order valence-corrected chi connectivity index (χ0v) is 15.8. The minimum Gasteiger partial charge on any atom is -0.375 e. The number of hydrogen-bond donors (Lipinski definition) is 1. The van der Waals surface area contributed by atoms with Gasteiger partial charge in [-0.25, -0.2) is 0 Å². The quantitative estimate of drug-likeness (QED) is 0.797. The highest BCUT2D eigenvalue weighted by molar-refractivity contribution is 5.85. The smallest absolute Gasteiger partial charge is 0.242 e. The van der Waals surface area contributed by atoms with Crippen LogP contribution in [0.3, 0.4) is 0 Å². The minimum atomic E-state index is -0.151. The molecule has 1 aliphatic carbocycles. The van der Waals surface area contributed by atoms with E-state index in [0.29, 0.717) is 12.5 Å². The molecule has 5 nitrogen and oxygen atoms in total. The number of morpholine rings is 1. The molecule has 0 aromatic rings. The Bertz CT molecular complexity index is 382. The number of rotatable bonds is 5. The number of nitrogens with one attached hydrogen (secondary N) is 1. The summed E-state index contributed by atoms with van der Waals surface area (Å²) in [6, 6.07) is -0.151. The normalized spacial score (nSPS) is 30.7. The van der Waals surface area contributed by atoms with Crippen molar-refractivity contribution in [1.82, 2.24) is 15.1 Å². The second-order valence-corrected chi connectivity index (χ2v) is 7.11. The number of carbonyl (C=O) groups is 1. The molecule has 3 rings (SSSR count). The molecule has 3 atom stereocenters. The van der Waals surface area contributed by atoms with E-state index in [1.807, 2.05) is 11.8 Å². The Hall–Kier alpha value is -0.0700. The molecule has 136 valence electrons. The average Bonchev–Trinajstić information content (AvgIpc) is 3.14. The summed E-state index contributed by atoms with van der Waals surface area (Å²) in [5.41, 5.74) is 0. The Balaban J connectivity index is 0.00000132. The van der Waals surface area contributed by atoms with Gasteiger partial charge < -0.3 is 19.9 Å². The fourth-order valence-electron chi connectivity index (χ4n) is 3.64. The average molecular weight is 368 g/mol. The lowest BCUT2D eigenvalue weighted by molar-refractivity contribution is -0.138. The molecule has 7 heteroatoms. The SMILES string of the molecule is C[C@H]1OCCN[C@@H]1C(=O)N1CCC(CN(C)CC2CC2)C1.Cl.Cl. The van der Waals surface area contributed by atoms with E-state index in [4.69, 9.17) is 4.74 Å². The van der Waals surface area contributed by atoms with Crippen LogP contribution in [-0.2, 0) is 9.53 Å². The van der Waals surface area contributed by atoms with Crippen LogP contribution in [0.5, 0.6) is 0 Å². The maximum atomic E-state index is 12.6. The van der Waals surface area contributed by atoms with Crippen molar-refractivity contribution in [3.05, 3.63) is 0 Å². The van der Waals surface area contributed by atoms with Crippen molar-refractivity contribution in [3.8, 4) is 0 Å². The maximum Gasteiger partial charge on any atom is 0.242 e. The van der Waals surface area contributed by atoms with Crippen molar-refractivity contribution in [1.29, 1.82) is 0 Å². The lowest BCUT2D eigenvalue weighted by Crippen LogP contribution is -2.56. The van der Waals surface area contributed by atoms with Crippen LogP contribution in [0, 0.1) is 11.8 Å². The summed E-state index contributed by atoms with van der Waals surface area (Å²) in [5.74, 6) is 1.81. The molecule has 1 N–H and O–H groups in total. The van der Waals surface area contributed by atoms with Gasteiger partial charge in [0.25, 0.3) is 0 Å². The molecule has 2 saturated heterocycles. The van der Waals surface area contributed by atoms with Crippen LogP contribution in [0.25, 0.3) is 0 Å². The molecule has 3 fully saturated rings. The summed E-state index contributed by atoms with van der Waals surface area (Å²) in [5, 5.41) is 3.31. The van der Waals surface area contributed by atoms with Gasteiger partial charge in [-0.1, -0.05) is 0 Å². The van der Waals surface area contributed by atoms with E-state index in [1.165, 1.54) is 19.4 Å². The zero-order chi connectivity index (χ0) is 14.8. The highest BCUT2D eigenvalue weighted by atomic mass is 35.5. The highest BCUT2D eigenvalue weighted by Gasteiger charge is 2.35. The molecule has 2 heterocycles. The van der Waals surface area contributed by atoms with Gasteiger partial charge in [-0.05, 0) is 45.1 Å². The Labute approximate surface area is 152 Å². The van der Waals surface area contributed by atoms with Gasteiger partial charge in [0.2, 0.25) is 5.91 Å². The summed E-state index contributed by atoms with van der Waals surface area (Å²) in [6.45, 7) is 7.67. The number of likely N-dealkylation sites (tertiary alicyclic amines) is 1. The largest absolute Gasteiger partial charge is 0.375 e. The first-order valence-electron chi connectivity index (χ1n) is 8.46. The zero-order valence-electron chi connectivity index (χ0n) is 14.2. The van der Waals surface area contributed by atoms with Crippen molar-refractivity contribution in [3.63, 3.8) is 0 Å². The molecular weight excluding hydrogens is 337 g/mol. The molecule has 0 bridgehead atoms. The molecule has 0 aromatic heterocycles. The molecule has 1 saturated carbocycles. The highest BCUT2D eigenvalue weighted by Crippen LogP contribution is 2.30. The van der Waals surface area contributed by atoms with Crippen molar-refractivity contribution in [2.24, 2.45) is 11.8 Å². The Morgan fingerprint density at radius 1 is 1.22 bits per heavy atom. The van der Waals surface area contributed by atoms with E-state index < -0.39 is 0 Å². The predicted molar refractivity (Wildman–Crippen MR) is 96.6 cm³/mol. The van der Waals surface area contributed by atoms with Crippen molar-refractivity contribution in [2.75, 3.05) is 46.4 Å². The second-order valence-electron chi connectivity index (χ2n) is 7.11. The summed E-state index contributed by atoms with van der Waals surface area (Å²) in [4.78, 5) is 17.1.